The van der Waals surface area contributed by atoms with Gasteiger partial charge >= 0.3 is 0 Å². The number of aromatic nitrogens is 4. The van der Waals surface area contributed by atoms with Gasteiger partial charge in [0.25, 0.3) is 0 Å². The Balaban J connectivity index is 1.51. The molecule has 4 aromatic rings. The summed E-state index contributed by atoms with van der Waals surface area (Å²) >= 11 is 1.39. The van der Waals surface area contributed by atoms with Gasteiger partial charge in [0.1, 0.15) is 0 Å². The minimum Gasteiger partial charge on any atom is -0.378 e. The van der Waals surface area contributed by atoms with Gasteiger partial charge in [0.2, 0.25) is 11.7 Å². The average Bonchev–Trinajstić information content (AvgIpc) is 3.22. The summed E-state index contributed by atoms with van der Waals surface area (Å²) in [4.78, 5) is 19.1. The van der Waals surface area contributed by atoms with Crippen LogP contribution in [0.4, 0.5) is 11.4 Å². The molecule has 0 radical (unpaired) electrons. The Labute approximate surface area is 160 Å². The number of H-pyrrole nitrogens is 1. The van der Waals surface area contributed by atoms with Crippen molar-refractivity contribution in [2.75, 3.05) is 24.3 Å². The van der Waals surface area contributed by atoms with Crippen molar-refractivity contribution in [1.29, 1.82) is 0 Å². The molecular formula is C19H20N6OS. The summed E-state index contributed by atoms with van der Waals surface area (Å²) < 4.78 is 1.94. The normalized spacial score (nSPS) is 12.4. The zero-order valence-corrected chi connectivity index (χ0v) is 16.1. The van der Waals surface area contributed by atoms with E-state index in [1.807, 2.05) is 78.9 Å². The van der Waals surface area contributed by atoms with Gasteiger partial charge in [0.05, 0.1) is 16.3 Å². The minimum absolute atomic E-state index is 0.0711. The molecule has 8 heteroatoms. The molecule has 4 rings (SSSR count). The van der Waals surface area contributed by atoms with Crippen LogP contribution in [0.1, 0.15) is 6.92 Å². The molecule has 0 fully saturated rings. The highest BCUT2D eigenvalue weighted by Crippen LogP contribution is 2.26. The molecule has 1 atom stereocenters. The fourth-order valence-corrected chi connectivity index (χ4v) is 3.69. The number of thioether (sulfide) groups is 1. The lowest BCUT2D eigenvalue weighted by molar-refractivity contribution is -0.115. The number of carbonyl (C=O) groups excluding carboxylic acids is 1. The first kappa shape index (κ1) is 17.4. The molecule has 0 spiro atoms. The van der Waals surface area contributed by atoms with E-state index in [1.54, 1.807) is 0 Å². The van der Waals surface area contributed by atoms with Gasteiger partial charge in [-0.15, -0.1) is 5.10 Å². The Hall–Kier alpha value is -3.00. The zero-order chi connectivity index (χ0) is 19.0. The standard InChI is InChI=1S/C19H20N6OS/c1-12(17(26)20-13-8-10-14(11-9-13)24(2)3)27-19-23-22-18-21-15-6-4-5-7-16(15)25(18)19/h4-12H,1-3H3,(H,20,26)(H,21,22)/t12-/m0/s1. The molecule has 0 unspecified atom stereocenters. The fourth-order valence-electron chi connectivity index (χ4n) is 2.82. The Morgan fingerprint density at radius 1 is 1.19 bits per heavy atom. The molecule has 0 saturated carbocycles. The third-order valence-corrected chi connectivity index (χ3v) is 5.36. The van der Waals surface area contributed by atoms with E-state index in [0.717, 1.165) is 22.4 Å². The van der Waals surface area contributed by atoms with Crippen LogP contribution in [-0.4, -0.2) is 44.8 Å². The van der Waals surface area contributed by atoms with Crippen molar-refractivity contribution in [3.63, 3.8) is 0 Å². The molecule has 1 amide bonds. The number of fused-ring (bicyclic) bond motifs is 3. The van der Waals surface area contributed by atoms with Crippen molar-refractivity contribution in [3.05, 3.63) is 48.5 Å². The van der Waals surface area contributed by atoms with E-state index in [1.165, 1.54) is 11.8 Å². The van der Waals surface area contributed by atoms with Crippen molar-refractivity contribution in [3.8, 4) is 0 Å². The third-order valence-electron chi connectivity index (χ3n) is 4.31. The average molecular weight is 380 g/mol. The smallest absolute Gasteiger partial charge is 0.237 e. The number of para-hydroxylation sites is 2. The first-order valence-electron chi connectivity index (χ1n) is 8.59. The molecule has 2 aromatic heterocycles. The van der Waals surface area contributed by atoms with E-state index < -0.39 is 0 Å². The molecular weight excluding hydrogens is 360 g/mol. The van der Waals surface area contributed by atoms with E-state index in [-0.39, 0.29) is 11.2 Å². The van der Waals surface area contributed by atoms with Crippen LogP contribution in [0.5, 0.6) is 0 Å². The maximum absolute atomic E-state index is 12.6. The molecule has 0 aliphatic carbocycles. The van der Waals surface area contributed by atoms with Crippen LogP contribution in [0.25, 0.3) is 16.8 Å². The Kier molecular flexibility index (Phi) is 4.49. The molecule has 0 bridgehead atoms. The van der Waals surface area contributed by atoms with Crippen molar-refractivity contribution in [1.82, 2.24) is 19.6 Å². The van der Waals surface area contributed by atoms with Gasteiger partial charge in [0.15, 0.2) is 5.16 Å². The van der Waals surface area contributed by atoms with E-state index in [4.69, 9.17) is 0 Å². The number of nitrogens with zero attached hydrogens (tertiary/aromatic N) is 4. The molecule has 27 heavy (non-hydrogen) atoms. The second-order valence-corrected chi connectivity index (χ2v) is 7.76. The molecule has 2 aromatic carbocycles. The fraction of sp³-hybridized carbons (Fsp3) is 0.211. The number of carbonyl (C=O) groups is 1. The summed E-state index contributed by atoms with van der Waals surface area (Å²) in [5.41, 5.74) is 3.72. The van der Waals surface area contributed by atoms with Crippen molar-refractivity contribution in [2.45, 2.75) is 17.3 Å². The highest BCUT2D eigenvalue weighted by atomic mass is 32.2. The SMILES string of the molecule is C[C@H](Sc1n[nH]c2nc3ccccc3n12)C(=O)Nc1ccc(N(C)C)cc1. The first-order valence-corrected chi connectivity index (χ1v) is 9.47. The second-order valence-electron chi connectivity index (χ2n) is 6.46. The lowest BCUT2D eigenvalue weighted by Crippen LogP contribution is -2.22. The summed E-state index contributed by atoms with van der Waals surface area (Å²) in [5, 5.41) is 10.6. The lowest BCUT2D eigenvalue weighted by atomic mass is 10.2. The van der Waals surface area contributed by atoms with Gasteiger partial charge in [0, 0.05) is 25.5 Å². The van der Waals surface area contributed by atoms with Crippen molar-refractivity contribution in [2.24, 2.45) is 0 Å². The van der Waals surface area contributed by atoms with Gasteiger partial charge in [-0.1, -0.05) is 23.9 Å². The molecule has 2 heterocycles. The second kappa shape index (κ2) is 6.96. The van der Waals surface area contributed by atoms with Crippen LogP contribution < -0.4 is 10.2 Å². The summed E-state index contributed by atoms with van der Waals surface area (Å²) in [5.74, 6) is 0.601. The number of benzene rings is 2. The highest BCUT2D eigenvalue weighted by molar-refractivity contribution is 8.00. The van der Waals surface area contributed by atoms with E-state index in [9.17, 15) is 4.79 Å². The number of hydrogen-bond donors (Lipinski definition) is 2. The number of imidazole rings is 1. The molecule has 7 nitrogen and oxygen atoms in total. The van der Waals surface area contributed by atoms with E-state index >= 15 is 0 Å². The number of hydrogen-bond acceptors (Lipinski definition) is 5. The van der Waals surface area contributed by atoms with E-state index in [0.29, 0.717) is 10.9 Å². The largest absolute Gasteiger partial charge is 0.378 e. The summed E-state index contributed by atoms with van der Waals surface area (Å²) in [6.07, 6.45) is 0. The zero-order valence-electron chi connectivity index (χ0n) is 15.3. The van der Waals surface area contributed by atoms with Crippen molar-refractivity contribution >= 4 is 45.9 Å². The van der Waals surface area contributed by atoms with Gasteiger partial charge in [-0.3, -0.25) is 9.20 Å². The maximum Gasteiger partial charge on any atom is 0.237 e. The molecule has 0 aliphatic rings. The molecule has 0 saturated heterocycles. The predicted molar refractivity (Wildman–Crippen MR) is 110 cm³/mol. The molecule has 0 aliphatic heterocycles. The number of nitrogens with one attached hydrogen (secondary N) is 2. The van der Waals surface area contributed by atoms with Crippen LogP contribution in [0.3, 0.4) is 0 Å². The number of aromatic amines is 1. The maximum atomic E-state index is 12.6. The Morgan fingerprint density at radius 3 is 2.67 bits per heavy atom. The van der Waals surface area contributed by atoms with Gasteiger partial charge in [-0.2, -0.15) is 0 Å². The van der Waals surface area contributed by atoms with Crippen LogP contribution in [0, 0.1) is 0 Å². The number of anilines is 2. The minimum atomic E-state index is -0.314. The number of rotatable bonds is 5. The predicted octanol–water partition coefficient (Wildman–Crippen LogP) is 3.40. The first-order chi connectivity index (χ1) is 13.0. The summed E-state index contributed by atoms with van der Waals surface area (Å²) in [7, 11) is 3.97. The third kappa shape index (κ3) is 3.35. The van der Waals surface area contributed by atoms with Crippen LogP contribution in [0.15, 0.2) is 53.7 Å². The van der Waals surface area contributed by atoms with Gasteiger partial charge in [-0.05, 0) is 43.3 Å². The Bertz CT molecular complexity index is 1100. The van der Waals surface area contributed by atoms with E-state index in [2.05, 4.69) is 20.5 Å². The highest BCUT2D eigenvalue weighted by Gasteiger charge is 2.19. The van der Waals surface area contributed by atoms with Gasteiger partial charge in [-0.25, -0.2) is 10.1 Å². The topological polar surface area (TPSA) is 78.3 Å². The lowest BCUT2D eigenvalue weighted by Gasteiger charge is -2.14. The molecule has 2 N–H and O–H groups in total. The van der Waals surface area contributed by atoms with Crippen LogP contribution in [-0.2, 0) is 4.79 Å². The van der Waals surface area contributed by atoms with Gasteiger partial charge < -0.3 is 10.2 Å². The molecule has 138 valence electrons. The summed E-state index contributed by atoms with van der Waals surface area (Å²) in [6, 6.07) is 15.6. The number of amides is 1. The monoisotopic (exact) mass is 380 g/mol. The van der Waals surface area contributed by atoms with Crippen LogP contribution >= 0.6 is 11.8 Å². The Morgan fingerprint density at radius 2 is 1.93 bits per heavy atom. The quantitative estimate of drug-likeness (QED) is 0.519. The van der Waals surface area contributed by atoms with Crippen LogP contribution in [0.2, 0.25) is 0 Å². The van der Waals surface area contributed by atoms with Crippen molar-refractivity contribution < 1.29 is 4.79 Å². The summed E-state index contributed by atoms with van der Waals surface area (Å²) in [6.45, 7) is 1.87.